The van der Waals surface area contributed by atoms with Crippen molar-refractivity contribution < 1.29 is 17.9 Å². The molecule has 6 nitrogen and oxygen atoms in total. The smallest absolute Gasteiger partial charge is 0.261 e. The maximum Gasteiger partial charge on any atom is 0.261 e. The van der Waals surface area contributed by atoms with Gasteiger partial charge in [-0.3, -0.25) is 4.72 Å². The van der Waals surface area contributed by atoms with Crippen molar-refractivity contribution in [1.29, 1.82) is 0 Å². The largest absolute Gasteiger partial charge is 0.493 e. The van der Waals surface area contributed by atoms with Crippen LogP contribution in [0.2, 0.25) is 0 Å². The van der Waals surface area contributed by atoms with Crippen molar-refractivity contribution in [3.63, 3.8) is 0 Å². The molecule has 0 saturated heterocycles. The quantitative estimate of drug-likeness (QED) is 0.484. The molecular weight excluding hydrogens is 436 g/mol. The average molecular weight is 463 g/mol. The summed E-state index contributed by atoms with van der Waals surface area (Å²) < 4.78 is 39.6. The highest BCUT2D eigenvalue weighted by Gasteiger charge is 2.38. The van der Waals surface area contributed by atoms with Crippen LogP contribution in [0, 0.1) is 5.92 Å². The van der Waals surface area contributed by atoms with Gasteiger partial charge in [-0.05, 0) is 65.9 Å². The summed E-state index contributed by atoms with van der Waals surface area (Å²) in [6.07, 6.45) is 5.29. The predicted molar refractivity (Wildman–Crippen MR) is 130 cm³/mol. The first kappa shape index (κ1) is 21.4. The number of nitrogens with one attached hydrogen (secondary N) is 2. The van der Waals surface area contributed by atoms with Crippen LogP contribution in [0.25, 0.3) is 0 Å². The fourth-order valence-corrected chi connectivity index (χ4v) is 5.93. The third-order valence-corrected chi connectivity index (χ3v) is 7.82. The summed E-state index contributed by atoms with van der Waals surface area (Å²) in [5.74, 6) is 1.79. The number of rotatable bonds is 6. The summed E-state index contributed by atoms with van der Waals surface area (Å²) in [6.45, 7) is 0. The van der Waals surface area contributed by atoms with Crippen molar-refractivity contribution in [2.75, 3.05) is 24.3 Å². The van der Waals surface area contributed by atoms with E-state index in [1.54, 1.807) is 50.6 Å². The molecule has 3 aromatic rings. The summed E-state index contributed by atoms with van der Waals surface area (Å²) in [5.41, 5.74) is 3.60. The molecule has 0 saturated carbocycles. The van der Waals surface area contributed by atoms with E-state index >= 15 is 0 Å². The third-order valence-electron chi connectivity index (χ3n) is 6.44. The molecule has 0 unspecified atom stereocenters. The van der Waals surface area contributed by atoms with Crippen LogP contribution in [0.3, 0.4) is 0 Å². The van der Waals surface area contributed by atoms with E-state index in [1.807, 2.05) is 24.3 Å². The molecule has 3 aromatic carbocycles. The van der Waals surface area contributed by atoms with Gasteiger partial charge in [-0.25, -0.2) is 8.42 Å². The second-order valence-corrected chi connectivity index (χ2v) is 9.99. The Bertz CT molecular complexity index is 1310. The molecule has 1 heterocycles. The van der Waals surface area contributed by atoms with Crippen LogP contribution in [0.15, 0.2) is 83.8 Å². The number of para-hydroxylation sites is 1. The number of allylic oxidation sites excluding steroid dienone is 2. The van der Waals surface area contributed by atoms with E-state index in [0.29, 0.717) is 17.2 Å². The van der Waals surface area contributed by atoms with Gasteiger partial charge in [-0.1, -0.05) is 36.4 Å². The van der Waals surface area contributed by atoms with Crippen LogP contribution < -0.4 is 19.5 Å². The average Bonchev–Trinajstić information content (AvgIpc) is 3.33. The Kier molecular flexibility index (Phi) is 5.50. The van der Waals surface area contributed by atoms with Crippen LogP contribution in [-0.2, 0) is 10.0 Å². The molecule has 0 fully saturated rings. The molecule has 3 atom stereocenters. The van der Waals surface area contributed by atoms with E-state index in [0.717, 1.165) is 23.2 Å². The molecule has 5 rings (SSSR count). The molecule has 33 heavy (non-hydrogen) atoms. The van der Waals surface area contributed by atoms with Gasteiger partial charge in [0.15, 0.2) is 11.5 Å². The molecule has 1 aliphatic heterocycles. The molecule has 0 radical (unpaired) electrons. The highest BCUT2D eigenvalue weighted by molar-refractivity contribution is 7.92. The normalized spacial score (nSPS) is 21.0. The van der Waals surface area contributed by atoms with E-state index < -0.39 is 10.0 Å². The number of sulfonamides is 1. The van der Waals surface area contributed by atoms with E-state index in [2.05, 4.69) is 28.3 Å². The summed E-state index contributed by atoms with van der Waals surface area (Å²) in [4.78, 5) is 0.260. The monoisotopic (exact) mass is 462 g/mol. The third kappa shape index (κ3) is 3.93. The number of methoxy groups -OCH3 is 2. The second kappa shape index (κ2) is 8.48. The number of benzene rings is 3. The second-order valence-electron chi connectivity index (χ2n) is 8.31. The van der Waals surface area contributed by atoms with Crippen molar-refractivity contribution in [3.8, 4) is 11.5 Å². The van der Waals surface area contributed by atoms with Gasteiger partial charge in [-0.2, -0.15) is 0 Å². The van der Waals surface area contributed by atoms with Gasteiger partial charge in [0.25, 0.3) is 10.0 Å². The Morgan fingerprint density at radius 1 is 0.939 bits per heavy atom. The first-order valence-corrected chi connectivity index (χ1v) is 12.4. The van der Waals surface area contributed by atoms with E-state index in [4.69, 9.17) is 9.47 Å². The van der Waals surface area contributed by atoms with E-state index in [-0.39, 0.29) is 22.8 Å². The zero-order valence-corrected chi connectivity index (χ0v) is 19.3. The van der Waals surface area contributed by atoms with Gasteiger partial charge in [-0.15, -0.1) is 0 Å². The summed E-state index contributed by atoms with van der Waals surface area (Å²) in [5, 5.41) is 3.65. The van der Waals surface area contributed by atoms with E-state index in [9.17, 15) is 8.42 Å². The molecule has 2 aliphatic rings. The number of hydrogen-bond donors (Lipinski definition) is 2. The number of hydrogen-bond acceptors (Lipinski definition) is 5. The minimum atomic E-state index is -3.69. The number of anilines is 2. The first-order valence-electron chi connectivity index (χ1n) is 10.9. The van der Waals surface area contributed by atoms with Gasteiger partial charge in [0, 0.05) is 17.3 Å². The molecule has 0 bridgehead atoms. The molecule has 2 N–H and O–H groups in total. The maximum atomic E-state index is 13.0. The summed E-state index contributed by atoms with van der Waals surface area (Å²) in [6, 6.07) is 20.3. The topological polar surface area (TPSA) is 76.7 Å². The molecule has 1 aliphatic carbocycles. The van der Waals surface area contributed by atoms with Crippen molar-refractivity contribution in [1.82, 2.24) is 0 Å². The first-order chi connectivity index (χ1) is 16.0. The molecule has 0 aromatic heterocycles. The lowest BCUT2D eigenvalue weighted by Crippen LogP contribution is -2.29. The molecule has 0 spiro atoms. The maximum absolute atomic E-state index is 13.0. The minimum Gasteiger partial charge on any atom is -0.493 e. The van der Waals surface area contributed by atoms with Gasteiger partial charge in [0.1, 0.15) is 0 Å². The number of ether oxygens (including phenoxy) is 2. The minimum absolute atomic E-state index is 0.0715. The zero-order valence-electron chi connectivity index (χ0n) is 18.5. The molecular formula is C26H26N2O4S. The highest BCUT2D eigenvalue weighted by Crippen LogP contribution is 2.50. The fraction of sp³-hybridized carbons (Fsp3) is 0.231. The van der Waals surface area contributed by atoms with Crippen LogP contribution in [-0.4, -0.2) is 22.6 Å². The van der Waals surface area contributed by atoms with Crippen molar-refractivity contribution >= 4 is 21.4 Å². The Hall–Kier alpha value is -3.45. The van der Waals surface area contributed by atoms with Crippen molar-refractivity contribution in [3.05, 3.63) is 90.0 Å². The van der Waals surface area contributed by atoms with Gasteiger partial charge >= 0.3 is 0 Å². The van der Waals surface area contributed by atoms with Crippen LogP contribution >= 0.6 is 0 Å². The molecule has 7 heteroatoms. The molecule has 0 amide bonds. The van der Waals surface area contributed by atoms with Crippen LogP contribution in [0.1, 0.15) is 29.5 Å². The number of fused-ring (bicyclic) bond motifs is 3. The van der Waals surface area contributed by atoms with Gasteiger partial charge < -0.3 is 14.8 Å². The Morgan fingerprint density at radius 2 is 1.73 bits per heavy atom. The Morgan fingerprint density at radius 3 is 2.48 bits per heavy atom. The van der Waals surface area contributed by atoms with Crippen LogP contribution in [0.4, 0.5) is 11.4 Å². The fourth-order valence-electron chi connectivity index (χ4n) is 4.84. The summed E-state index contributed by atoms with van der Waals surface area (Å²) in [7, 11) is -0.428. The Labute approximate surface area is 194 Å². The lowest BCUT2D eigenvalue weighted by atomic mass is 9.77. The van der Waals surface area contributed by atoms with E-state index in [1.165, 1.54) is 0 Å². The highest BCUT2D eigenvalue weighted by atomic mass is 32.2. The lowest BCUT2D eigenvalue weighted by Gasteiger charge is -2.38. The summed E-state index contributed by atoms with van der Waals surface area (Å²) >= 11 is 0. The van der Waals surface area contributed by atoms with Gasteiger partial charge in [0.2, 0.25) is 0 Å². The van der Waals surface area contributed by atoms with Gasteiger partial charge in [0.05, 0.1) is 25.2 Å². The van der Waals surface area contributed by atoms with Crippen molar-refractivity contribution in [2.45, 2.75) is 23.3 Å². The predicted octanol–water partition coefficient (Wildman–Crippen LogP) is 5.33. The van der Waals surface area contributed by atoms with Crippen LogP contribution in [0.5, 0.6) is 11.5 Å². The SMILES string of the molecule is COc1ccc([C@H]2Nc3ccc(S(=O)(=O)Nc4ccccc4)cc3[C@H]3C=CC[C@H]32)cc1OC. The lowest BCUT2D eigenvalue weighted by molar-refractivity contribution is 0.353. The Balaban J connectivity index is 1.49. The zero-order chi connectivity index (χ0) is 23.0. The molecule has 170 valence electrons. The van der Waals surface area contributed by atoms with Crippen molar-refractivity contribution in [2.24, 2.45) is 5.92 Å². The standard InChI is InChI=1S/C26H26N2O4S/c1-31-24-14-11-17(15-25(24)32-2)26-21-10-6-9-20(21)22-16-19(12-13-23(22)27-26)33(29,30)28-18-7-4-3-5-8-18/h3-9,11-16,20-21,26-28H,10H2,1-2H3/t20-,21+,26+/m0/s1.